The minimum Gasteiger partial charge on any atom is -0.508 e. The molecule has 10 N–H and O–H groups in total. The van der Waals surface area contributed by atoms with Gasteiger partial charge in [-0.2, -0.15) is 11.8 Å². The number of thioether (sulfide) groups is 1. The number of likely N-dealkylation sites (tertiary alicyclic amines) is 1. The van der Waals surface area contributed by atoms with Crippen molar-refractivity contribution >= 4 is 41.4 Å². The lowest BCUT2D eigenvalue weighted by atomic mass is 10.0. The number of amides is 3. The number of hydrogen-bond acceptors (Lipinski definition) is 8. The maximum atomic E-state index is 13.4. The largest absolute Gasteiger partial charge is 0.508 e. The normalized spacial score (nSPS) is 17.1. The highest BCUT2D eigenvalue weighted by molar-refractivity contribution is 7.98. The van der Waals surface area contributed by atoms with Crippen LogP contribution in [0.15, 0.2) is 29.3 Å². The van der Waals surface area contributed by atoms with Crippen LogP contribution in [0.1, 0.15) is 37.7 Å². The minimum absolute atomic E-state index is 0.0941. The van der Waals surface area contributed by atoms with Crippen LogP contribution in [0.2, 0.25) is 0 Å². The van der Waals surface area contributed by atoms with Crippen molar-refractivity contribution in [2.45, 2.75) is 62.7 Å². The predicted molar refractivity (Wildman–Crippen MR) is 149 cm³/mol. The van der Waals surface area contributed by atoms with E-state index in [0.29, 0.717) is 31.4 Å². The van der Waals surface area contributed by atoms with Crippen LogP contribution in [0.3, 0.4) is 0 Å². The molecule has 0 radical (unpaired) electrons. The number of aromatic hydroxyl groups is 1. The van der Waals surface area contributed by atoms with Gasteiger partial charge in [0, 0.05) is 13.1 Å². The molecule has 0 aromatic heterocycles. The number of nitrogens with zero attached hydrogens (tertiary/aromatic N) is 2. The van der Waals surface area contributed by atoms with Gasteiger partial charge in [-0.05, 0) is 68.2 Å². The van der Waals surface area contributed by atoms with E-state index in [4.69, 9.17) is 17.2 Å². The number of carboxylic acid groups (broad SMARTS) is 1. The maximum Gasteiger partial charge on any atom is 0.326 e. The van der Waals surface area contributed by atoms with Crippen LogP contribution in [-0.2, 0) is 25.6 Å². The second-order valence-corrected chi connectivity index (χ2v) is 10.3. The van der Waals surface area contributed by atoms with E-state index < -0.39 is 47.9 Å². The van der Waals surface area contributed by atoms with Crippen molar-refractivity contribution in [3.63, 3.8) is 0 Å². The van der Waals surface area contributed by atoms with E-state index in [1.54, 1.807) is 12.1 Å². The van der Waals surface area contributed by atoms with Gasteiger partial charge in [-0.15, -0.1) is 0 Å². The van der Waals surface area contributed by atoms with Gasteiger partial charge in [0.25, 0.3) is 0 Å². The van der Waals surface area contributed by atoms with E-state index in [1.807, 2.05) is 6.26 Å². The zero-order chi connectivity index (χ0) is 28.9. The average Bonchev–Trinajstić information content (AvgIpc) is 3.39. The maximum absolute atomic E-state index is 13.4. The predicted octanol–water partition coefficient (Wildman–Crippen LogP) is -0.886. The number of carbonyl (C=O) groups excluding carboxylic acids is 3. The first-order valence-electron chi connectivity index (χ1n) is 12.7. The second kappa shape index (κ2) is 15.8. The quantitative estimate of drug-likeness (QED) is 0.0788. The number of benzene rings is 1. The number of aliphatic carboxylic acids is 1. The summed E-state index contributed by atoms with van der Waals surface area (Å²) in [6.07, 6.45) is 3.77. The van der Waals surface area contributed by atoms with Gasteiger partial charge < -0.3 is 42.9 Å². The second-order valence-electron chi connectivity index (χ2n) is 9.36. The number of nitrogens with one attached hydrogen (secondary N) is 2. The lowest BCUT2D eigenvalue weighted by Gasteiger charge is -2.29. The lowest BCUT2D eigenvalue weighted by molar-refractivity contribution is -0.149. The Bertz CT molecular complexity index is 1020. The van der Waals surface area contributed by atoms with E-state index >= 15 is 0 Å². The number of carbonyl (C=O) groups is 4. The van der Waals surface area contributed by atoms with E-state index in [1.165, 1.54) is 28.8 Å². The molecule has 0 bridgehead atoms. The standard InChI is InChI=1S/C25H39N7O6S/c1-39-13-10-18(30-21(34)17(26)14-15-6-8-16(33)9-7-15)22(35)31-19(4-2-11-29-25(27)28)23(36)32-12-3-5-20(32)24(37)38/h6-9,17-20,33H,2-5,10-14,26H2,1H3,(H,30,34)(H,31,35)(H,37,38)(H4,27,28,29). The molecule has 1 aliphatic heterocycles. The summed E-state index contributed by atoms with van der Waals surface area (Å²) >= 11 is 1.49. The molecule has 1 saturated heterocycles. The molecule has 216 valence electrons. The Hall–Kier alpha value is -3.52. The fraction of sp³-hybridized carbons (Fsp3) is 0.560. The van der Waals surface area contributed by atoms with Crippen LogP contribution in [0, 0.1) is 0 Å². The van der Waals surface area contributed by atoms with Gasteiger partial charge in [0.1, 0.15) is 23.9 Å². The first-order valence-corrected chi connectivity index (χ1v) is 14.1. The van der Waals surface area contributed by atoms with Gasteiger partial charge in [-0.1, -0.05) is 12.1 Å². The van der Waals surface area contributed by atoms with Gasteiger partial charge in [0.2, 0.25) is 17.7 Å². The fourth-order valence-corrected chi connectivity index (χ4v) is 4.75. The van der Waals surface area contributed by atoms with Crippen LogP contribution in [0.4, 0.5) is 0 Å². The number of phenolic OH excluding ortho intramolecular Hbond substituents is 1. The Morgan fingerprint density at radius 1 is 1.10 bits per heavy atom. The molecule has 1 aromatic rings. The van der Waals surface area contributed by atoms with E-state index in [2.05, 4.69) is 15.6 Å². The molecule has 0 aliphatic carbocycles. The molecule has 2 rings (SSSR count). The van der Waals surface area contributed by atoms with Crippen molar-refractivity contribution in [2.24, 2.45) is 22.2 Å². The molecule has 1 aliphatic rings. The molecule has 0 saturated carbocycles. The first kappa shape index (κ1) is 31.7. The smallest absolute Gasteiger partial charge is 0.326 e. The van der Waals surface area contributed by atoms with Crippen molar-refractivity contribution in [2.75, 3.05) is 25.1 Å². The van der Waals surface area contributed by atoms with Gasteiger partial charge >= 0.3 is 5.97 Å². The Labute approximate surface area is 231 Å². The number of hydrogen-bond donors (Lipinski definition) is 7. The van der Waals surface area contributed by atoms with Gasteiger partial charge in [0.15, 0.2) is 5.96 Å². The van der Waals surface area contributed by atoms with E-state index in [9.17, 15) is 29.4 Å². The van der Waals surface area contributed by atoms with Crippen molar-refractivity contribution in [1.82, 2.24) is 15.5 Å². The monoisotopic (exact) mass is 565 g/mol. The highest BCUT2D eigenvalue weighted by Crippen LogP contribution is 2.20. The molecule has 4 atom stereocenters. The zero-order valence-electron chi connectivity index (χ0n) is 22.0. The van der Waals surface area contributed by atoms with Gasteiger partial charge in [0.05, 0.1) is 6.04 Å². The summed E-state index contributed by atoms with van der Waals surface area (Å²) < 4.78 is 0. The molecule has 0 spiro atoms. The van der Waals surface area contributed by atoms with E-state index in [-0.39, 0.29) is 37.6 Å². The fourth-order valence-electron chi connectivity index (χ4n) is 4.28. The molecule has 39 heavy (non-hydrogen) atoms. The summed E-state index contributed by atoms with van der Waals surface area (Å²) in [7, 11) is 0. The van der Waals surface area contributed by atoms with Crippen LogP contribution in [-0.4, -0.2) is 94.0 Å². The first-order chi connectivity index (χ1) is 18.5. The number of guanidine groups is 1. The van der Waals surface area contributed by atoms with Crippen LogP contribution in [0.25, 0.3) is 0 Å². The summed E-state index contributed by atoms with van der Waals surface area (Å²) in [5.74, 6) is -2.16. The van der Waals surface area contributed by atoms with Crippen molar-refractivity contribution < 1.29 is 29.4 Å². The summed E-state index contributed by atoms with van der Waals surface area (Å²) in [5, 5.41) is 24.4. The molecular formula is C25H39N7O6S. The summed E-state index contributed by atoms with van der Waals surface area (Å²) in [5.41, 5.74) is 17.6. The Balaban J connectivity index is 2.13. The number of rotatable bonds is 15. The third-order valence-electron chi connectivity index (χ3n) is 6.35. The molecule has 14 heteroatoms. The Kier molecular flexibility index (Phi) is 12.8. The zero-order valence-corrected chi connectivity index (χ0v) is 22.9. The molecule has 1 fully saturated rings. The number of nitrogens with two attached hydrogens (primary N) is 3. The molecule has 1 heterocycles. The molecule has 13 nitrogen and oxygen atoms in total. The Morgan fingerprint density at radius 2 is 1.77 bits per heavy atom. The minimum atomic E-state index is -1.10. The van der Waals surface area contributed by atoms with E-state index in [0.717, 1.165) is 5.56 Å². The van der Waals surface area contributed by atoms with Gasteiger partial charge in [-0.25, -0.2) is 4.79 Å². The number of aliphatic imine (C=N–C) groups is 1. The third kappa shape index (κ3) is 10.3. The van der Waals surface area contributed by atoms with Crippen LogP contribution < -0.4 is 27.8 Å². The summed E-state index contributed by atoms with van der Waals surface area (Å²) in [4.78, 5) is 56.4. The summed E-state index contributed by atoms with van der Waals surface area (Å²) in [6, 6.07) is 2.41. The van der Waals surface area contributed by atoms with Crippen molar-refractivity contribution in [3.05, 3.63) is 29.8 Å². The molecule has 1 aromatic carbocycles. The SMILES string of the molecule is CSCCC(NC(=O)C(N)Cc1ccc(O)cc1)C(=O)NC(CCCN=C(N)N)C(=O)N1CCCC1C(=O)O. The lowest BCUT2D eigenvalue weighted by Crippen LogP contribution is -2.57. The molecule has 3 amide bonds. The summed E-state index contributed by atoms with van der Waals surface area (Å²) in [6.45, 7) is 0.498. The third-order valence-corrected chi connectivity index (χ3v) is 7.00. The van der Waals surface area contributed by atoms with Crippen molar-refractivity contribution in [3.8, 4) is 5.75 Å². The molecule has 4 unspecified atom stereocenters. The Morgan fingerprint density at radius 3 is 2.38 bits per heavy atom. The molecular weight excluding hydrogens is 526 g/mol. The van der Waals surface area contributed by atoms with Gasteiger partial charge in [-0.3, -0.25) is 19.4 Å². The van der Waals surface area contributed by atoms with Crippen LogP contribution in [0.5, 0.6) is 5.75 Å². The number of phenols is 1. The average molecular weight is 566 g/mol. The highest BCUT2D eigenvalue weighted by atomic mass is 32.2. The number of carboxylic acids is 1. The highest BCUT2D eigenvalue weighted by Gasteiger charge is 2.38. The van der Waals surface area contributed by atoms with Crippen molar-refractivity contribution in [1.29, 1.82) is 0 Å². The van der Waals surface area contributed by atoms with Crippen LogP contribution >= 0.6 is 11.8 Å². The topological polar surface area (TPSA) is 226 Å².